The molecular formula is C23H24FN5. The molecule has 0 aliphatic rings. The molecule has 4 aromatic rings. The van der Waals surface area contributed by atoms with Gasteiger partial charge in [0.2, 0.25) is 0 Å². The van der Waals surface area contributed by atoms with E-state index in [-0.39, 0.29) is 11.2 Å². The van der Waals surface area contributed by atoms with E-state index in [4.69, 9.17) is 10.1 Å². The van der Waals surface area contributed by atoms with E-state index in [9.17, 15) is 4.39 Å². The van der Waals surface area contributed by atoms with E-state index >= 15 is 0 Å². The lowest BCUT2D eigenvalue weighted by Crippen LogP contribution is -2.16. The lowest BCUT2D eigenvalue weighted by atomic mass is 9.92. The molecule has 29 heavy (non-hydrogen) atoms. The maximum Gasteiger partial charge on any atom is 0.165 e. The van der Waals surface area contributed by atoms with Crippen molar-refractivity contribution in [1.82, 2.24) is 19.6 Å². The van der Waals surface area contributed by atoms with Crippen molar-refractivity contribution in [2.45, 2.75) is 39.7 Å². The zero-order chi connectivity index (χ0) is 20.6. The molecule has 0 aliphatic carbocycles. The van der Waals surface area contributed by atoms with Gasteiger partial charge in [0.05, 0.1) is 11.4 Å². The highest BCUT2D eigenvalue weighted by Gasteiger charge is 2.22. The van der Waals surface area contributed by atoms with E-state index in [1.807, 2.05) is 35.8 Å². The third kappa shape index (κ3) is 3.83. The average molecular weight is 389 g/mol. The van der Waals surface area contributed by atoms with Crippen molar-refractivity contribution in [3.05, 3.63) is 77.6 Å². The first kappa shape index (κ1) is 19.1. The molecule has 148 valence electrons. The van der Waals surface area contributed by atoms with Crippen LogP contribution in [0, 0.1) is 12.7 Å². The average Bonchev–Trinajstić information content (AvgIpc) is 3.03. The lowest BCUT2D eigenvalue weighted by molar-refractivity contribution is 0.568. The zero-order valence-corrected chi connectivity index (χ0v) is 17.1. The van der Waals surface area contributed by atoms with Crippen LogP contribution in [0.4, 0.5) is 10.2 Å². The van der Waals surface area contributed by atoms with E-state index in [1.54, 1.807) is 18.3 Å². The van der Waals surface area contributed by atoms with Gasteiger partial charge >= 0.3 is 0 Å². The number of aromatic nitrogens is 4. The first-order valence-electron chi connectivity index (χ1n) is 9.62. The molecular weight excluding hydrogens is 365 g/mol. The number of hydrogen-bond donors (Lipinski definition) is 1. The minimum atomic E-state index is -0.259. The summed E-state index contributed by atoms with van der Waals surface area (Å²) in [5, 5.41) is 8.21. The first-order valence-corrected chi connectivity index (χ1v) is 9.62. The van der Waals surface area contributed by atoms with Crippen molar-refractivity contribution in [1.29, 1.82) is 0 Å². The molecule has 3 aromatic heterocycles. The van der Waals surface area contributed by atoms with Crippen molar-refractivity contribution in [3.8, 4) is 11.1 Å². The Labute approximate surface area is 169 Å². The van der Waals surface area contributed by atoms with Gasteiger partial charge in [0.15, 0.2) is 5.65 Å². The van der Waals surface area contributed by atoms with Crippen LogP contribution in [0.3, 0.4) is 0 Å². The fraction of sp³-hybridized carbons (Fsp3) is 0.261. The fourth-order valence-electron chi connectivity index (χ4n) is 3.28. The standard InChI is InChI=1S/C23H24FN5/c1-15-21(17-7-9-18(24)10-8-17)22-27-19(23(2,3)4)12-20(29(22)28-15)26-14-16-6-5-11-25-13-16/h5-13,26H,14H2,1-4H3. The second-order valence-corrected chi connectivity index (χ2v) is 8.19. The SMILES string of the molecule is Cc1nn2c(NCc3cccnc3)cc(C(C)(C)C)nc2c1-c1ccc(F)cc1. The van der Waals surface area contributed by atoms with Gasteiger partial charge in [0, 0.05) is 36.0 Å². The van der Waals surface area contributed by atoms with Crippen molar-refractivity contribution in [2.24, 2.45) is 0 Å². The number of pyridine rings is 1. The van der Waals surface area contributed by atoms with Crippen molar-refractivity contribution < 1.29 is 4.39 Å². The Balaban J connectivity index is 1.86. The quantitative estimate of drug-likeness (QED) is 0.524. The summed E-state index contributed by atoms with van der Waals surface area (Å²) in [4.78, 5) is 9.11. The van der Waals surface area contributed by atoms with Crippen LogP contribution in [0.15, 0.2) is 54.9 Å². The number of halogens is 1. The summed E-state index contributed by atoms with van der Waals surface area (Å²) in [6, 6.07) is 12.5. The van der Waals surface area contributed by atoms with E-state index in [1.165, 1.54) is 12.1 Å². The fourth-order valence-corrected chi connectivity index (χ4v) is 3.28. The Morgan fingerprint density at radius 3 is 2.52 bits per heavy atom. The normalized spacial score (nSPS) is 11.8. The summed E-state index contributed by atoms with van der Waals surface area (Å²) >= 11 is 0. The minimum Gasteiger partial charge on any atom is -0.366 e. The summed E-state index contributed by atoms with van der Waals surface area (Å²) in [6.07, 6.45) is 3.60. The maximum absolute atomic E-state index is 13.4. The zero-order valence-electron chi connectivity index (χ0n) is 17.1. The van der Waals surface area contributed by atoms with E-state index in [0.29, 0.717) is 6.54 Å². The molecule has 5 nitrogen and oxygen atoms in total. The molecule has 3 heterocycles. The second kappa shape index (κ2) is 7.28. The van der Waals surface area contributed by atoms with Crippen LogP contribution in [-0.4, -0.2) is 19.6 Å². The number of nitrogens with zero attached hydrogens (tertiary/aromatic N) is 4. The molecule has 0 aliphatic heterocycles. The van der Waals surface area contributed by atoms with Gasteiger partial charge in [-0.05, 0) is 36.2 Å². The summed E-state index contributed by atoms with van der Waals surface area (Å²) in [5.41, 5.74) is 5.33. The summed E-state index contributed by atoms with van der Waals surface area (Å²) in [5.74, 6) is 0.602. The smallest absolute Gasteiger partial charge is 0.165 e. The van der Waals surface area contributed by atoms with E-state index in [2.05, 4.69) is 31.1 Å². The van der Waals surface area contributed by atoms with Gasteiger partial charge in [0.25, 0.3) is 0 Å². The molecule has 0 atom stereocenters. The molecule has 0 bridgehead atoms. The molecule has 0 spiro atoms. The molecule has 4 rings (SSSR count). The van der Waals surface area contributed by atoms with Crippen LogP contribution in [0.2, 0.25) is 0 Å². The van der Waals surface area contributed by atoms with E-state index in [0.717, 1.165) is 39.5 Å². The molecule has 0 amide bonds. The van der Waals surface area contributed by atoms with Crippen LogP contribution in [-0.2, 0) is 12.0 Å². The van der Waals surface area contributed by atoms with Crippen molar-refractivity contribution in [3.63, 3.8) is 0 Å². The summed E-state index contributed by atoms with van der Waals surface area (Å²) in [7, 11) is 0. The molecule has 0 unspecified atom stereocenters. The van der Waals surface area contributed by atoms with Gasteiger partial charge in [-0.1, -0.05) is 39.0 Å². The Morgan fingerprint density at radius 1 is 1.10 bits per heavy atom. The highest BCUT2D eigenvalue weighted by molar-refractivity contribution is 5.81. The van der Waals surface area contributed by atoms with Crippen molar-refractivity contribution in [2.75, 3.05) is 5.32 Å². The van der Waals surface area contributed by atoms with Crippen LogP contribution in [0.1, 0.15) is 37.7 Å². The Morgan fingerprint density at radius 2 is 1.86 bits per heavy atom. The number of anilines is 1. The predicted octanol–water partition coefficient (Wildman–Crippen LogP) is 5.15. The Kier molecular flexibility index (Phi) is 4.78. The molecule has 1 N–H and O–H groups in total. The lowest BCUT2D eigenvalue weighted by Gasteiger charge is -2.20. The van der Waals surface area contributed by atoms with Crippen LogP contribution >= 0.6 is 0 Å². The monoisotopic (exact) mass is 389 g/mol. The molecule has 0 fully saturated rings. The number of aryl methyl sites for hydroxylation is 1. The summed E-state index contributed by atoms with van der Waals surface area (Å²) < 4.78 is 15.3. The molecule has 1 aromatic carbocycles. The third-order valence-corrected chi connectivity index (χ3v) is 4.86. The highest BCUT2D eigenvalue weighted by atomic mass is 19.1. The Bertz CT molecular complexity index is 1140. The van der Waals surface area contributed by atoms with Crippen LogP contribution in [0.5, 0.6) is 0 Å². The van der Waals surface area contributed by atoms with Gasteiger partial charge in [0.1, 0.15) is 11.6 Å². The second-order valence-electron chi connectivity index (χ2n) is 8.19. The van der Waals surface area contributed by atoms with Gasteiger partial charge < -0.3 is 5.32 Å². The van der Waals surface area contributed by atoms with Crippen LogP contribution in [0.25, 0.3) is 16.8 Å². The maximum atomic E-state index is 13.4. The highest BCUT2D eigenvalue weighted by Crippen LogP contribution is 2.32. The number of nitrogens with one attached hydrogen (secondary N) is 1. The third-order valence-electron chi connectivity index (χ3n) is 4.86. The van der Waals surface area contributed by atoms with Gasteiger partial charge in [-0.3, -0.25) is 4.98 Å². The number of rotatable bonds is 4. The van der Waals surface area contributed by atoms with Gasteiger partial charge in [-0.2, -0.15) is 9.61 Å². The largest absolute Gasteiger partial charge is 0.366 e. The molecule has 0 radical (unpaired) electrons. The summed E-state index contributed by atoms with van der Waals surface area (Å²) in [6.45, 7) is 8.99. The molecule has 0 saturated heterocycles. The number of benzene rings is 1. The minimum absolute atomic E-state index is 0.134. The van der Waals surface area contributed by atoms with Gasteiger partial charge in [-0.25, -0.2) is 9.37 Å². The number of hydrogen-bond acceptors (Lipinski definition) is 4. The van der Waals surface area contributed by atoms with Crippen LogP contribution < -0.4 is 5.32 Å². The first-order chi connectivity index (χ1) is 13.8. The topological polar surface area (TPSA) is 55.1 Å². The molecule has 0 saturated carbocycles. The number of fused-ring (bicyclic) bond motifs is 1. The Hall–Kier alpha value is -3.28. The van der Waals surface area contributed by atoms with Gasteiger partial charge in [-0.15, -0.1) is 0 Å². The van der Waals surface area contributed by atoms with Crippen molar-refractivity contribution >= 4 is 11.5 Å². The van der Waals surface area contributed by atoms with E-state index < -0.39 is 0 Å². The predicted molar refractivity (Wildman–Crippen MR) is 113 cm³/mol. The molecule has 6 heteroatoms.